The molecule has 118 valence electrons. The molecular formula is C16H23N5O. The number of nitrogens with one attached hydrogen (secondary N) is 1. The quantitative estimate of drug-likeness (QED) is 0.468. The van der Waals surface area contributed by atoms with Gasteiger partial charge in [0.25, 0.3) is 0 Å². The Bertz CT molecular complexity index is 621. The van der Waals surface area contributed by atoms with Gasteiger partial charge in [0.2, 0.25) is 0 Å². The van der Waals surface area contributed by atoms with Gasteiger partial charge in [-0.3, -0.25) is 4.99 Å². The summed E-state index contributed by atoms with van der Waals surface area (Å²) in [6.45, 7) is 3.66. The lowest BCUT2D eigenvalue weighted by molar-refractivity contribution is 0.417. The molecule has 6 nitrogen and oxygen atoms in total. The fourth-order valence-electron chi connectivity index (χ4n) is 2.16. The number of methoxy groups -OCH3 is 1. The van der Waals surface area contributed by atoms with Crippen LogP contribution < -0.4 is 15.8 Å². The minimum atomic E-state index is 0.406. The first-order valence-electron chi connectivity index (χ1n) is 7.38. The summed E-state index contributed by atoms with van der Waals surface area (Å²) in [6, 6.07) is 7.62. The number of para-hydroxylation sites is 2. The number of ether oxygens (including phenoxy) is 1. The van der Waals surface area contributed by atoms with Crippen LogP contribution >= 0.6 is 0 Å². The normalized spacial score (nSPS) is 11.5. The highest BCUT2D eigenvalue weighted by atomic mass is 16.5. The average Bonchev–Trinajstić information content (AvgIpc) is 2.93. The summed E-state index contributed by atoms with van der Waals surface area (Å²) in [4.78, 5) is 8.54. The Kier molecular flexibility index (Phi) is 5.82. The molecule has 0 radical (unpaired) electrons. The third kappa shape index (κ3) is 4.51. The van der Waals surface area contributed by atoms with Crippen molar-refractivity contribution in [1.82, 2.24) is 9.55 Å². The van der Waals surface area contributed by atoms with Crippen molar-refractivity contribution in [2.24, 2.45) is 10.7 Å². The lowest BCUT2D eigenvalue weighted by Gasteiger charge is -2.10. The van der Waals surface area contributed by atoms with Crippen molar-refractivity contribution < 1.29 is 4.74 Å². The van der Waals surface area contributed by atoms with Gasteiger partial charge in [-0.2, -0.15) is 0 Å². The van der Waals surface area contributed by atoms with Gasteiger partial charge in [-0.25, -0.2) is 4.98 Å². The molecule has 1 heterocycles. The molecule has 1 aromatic heterocycles. The monoisotopic (exact) mass is 301 g/mol. The first-order valence-corrected chi connectivity index (χ1v) is 7.38. The van der Waals surface area contributed by atoms with Crippen LogP contribution in [0.1, 0.15) is 18.7 Å². The Morgan fingerprint density at radius 3 is 2.91 bits per heavy atom. The van der Waals surface area contributed by atoms with Crippen LogP contribution in [0.15, 0.2) is 41.7 Å². The van der Waals surface area contributed by atoms with E-state index in [1.165, 1.54) is 0 Å². The van der Waals surface area contributed by atoms with Crippen molar-refractivity contribution in [2.45, 2.75) is 26.3 Å². The molecule has 0 aliphatic rings. The van der Waals surface area contributed by atoms with Gasteiger partial charge in [-0.05, 0) is 31.9 Å². The third-order valence-electron chi connectivity index (χ3n) is 3.38. The second-order valence-electron chi connectivity index (χ2n) is 4.97. The zero-order chi connectivity index (χ0) is 15.8. The number of hydrogen-bond donors (Lipinski definition) is 2. The van der Waals surface area contributed by atoms with Crippen LogP contribution in [0.4, 0.5) is 5.69 Å². The topological polar surface area (TPSA) is 77.5 Å². The van der Waals surface area contributed by atoms with Crippen LogP contribution in [0, 0.1) is 6.92 Å². The highest BCUT2D eigenvalue weighted by Gasteiger charge is 2.02. The summed E-state index contributed by atoms with van der Waals surface area (Å²) < 4.78 is 7.40. The van der Waals surface area contributed by atoms with E-state index in [1.807, 2.05) is 43.6 Å². The minimum Gasteiger partial charge on any atom is -0.495 e. The number of aliphatic imine (C=N–C) groups is 1. The number of rotatable bonds is 7. The van der Waals surface area contributed by atoms with Gasteiger partial charge in [0, 0.05) is 25.5 Å². The first kappa shape index (κ1) is 15.9. The van der Waals surface area contributed by atoms with E-state index in [0.29, 0.717) is 12.5 Å². The molecule has 0 saturated heterocycles. The molecule has 2 rings (SSSR count). The van der Waals surface area contributed by atoms with Crippen molar-refractivity contribution >= 4 is 11.6 Å². The number of nitrogens with two attached hydrogens (primary N) is 1. The standard InChI is InChI=1S/C16H23N5O/c1-13-18-10-12-21(13)11-6-5-9-19-16(17)20-14-7-3-4-8-15(14)22-2/h3-4,7-8,10,12H,5-6,9,11H2,1-2H3,(H3,17,19,20). The van der Waals surface area contributed by atoms with E-state index in [0.717, 1.165) is 36.6 Å². The van der Waals surface area contributed by atoms with E-state index in [4.69, 9.17) is 10.5 Å². The van der Waals surface area contributed by atoms with E-state index < -0.39 is 0 Å². The molecule has 6 heteroatoms. The summed E-state index contributed by atoms with van der Waals surface area (Å²) in [7, 11) is 1.63. The molecule has 2 aromatic rings. The van der Waals surface area contributed by atoms with E-state index in [1.54, 1.807) is 7.11 Å². The lowest BCUT2D eigenvalue weighted by Crippen LogP contribution is -2.23. The largest absolute Gasteiger partial charge is 0.495 e. The molecule has 0 aliphatic carbocycles. The Balaban J connectivity index is 1.75. The first-order chi connectivity index (χ1) is 10.7. The number of hydrogen-bond acceptors (Lipinski definition) is 3. The van der Waals surface area contributed by atoms with Gasteiger partial charge in [-0.1, -0.05) is 12.1 Å². The second-order valence-corrected chi connectivity index (χ2v) is 4.97. The van der Waals surface area contributed by atoms with Crippen LogP contribution in [-0.2, 0) is 6.54 Å². The van der Waals surface area contributed by atoms with Crippen molar-refractivity contribution in [3.05, 3.63) is 42.5 Å². The predicted octanol–water partition coefficient (Wildman–Crippen LogP) is 2.41. The smallest absolute Gasteiger partial charge is 0.193 e. The molecule has 22 heavy (non-hydrogen) atoms. The predicted molar refractivity (Wildman–Crippen MR) is 89.3 cm³/mol. The molecule has 1 aromatic carbocycles. The number of imidazole rings is 1. The Morgan fingerprint density at radius 1 is 1.36 bits per heavy atom. The number of aryl methyl sites for hydroxylation is 2. The van der Waals surface area contributed by atoms with E-state index in [2.05, 4.69) is 19.9 Å². The summed E-state index contributed by atoms with van der Waals surface area (Å²) in [5.41, 5.74) is 6.72. The Hall–Kier alpha value is -2.50. The number of guanidine groups is 1. The Labute approximate surface area is 131 Å². The summed E-state index contributed by atoms with van der Waals surface area (Å²) in [5, 5.41) is 3.06. The van der Waals surface area contributed by atoms with Crippen LogP contribution in [0.2, 0.25) is 0 Å². The lowest BCUT2D eigenvalue weighted by atomic mass is 10.3. The maximum Gasteiger partial charge on any atom is 0.193 e. The molecule has 0 saturated carbocycles. The van der Waals surface area contributed by atoms with Crippen molar-refractivity contribution in [3.63, 3.8) is 0 Å². The fraction of sp³-hybridized carbons (Fsp3) is 0.375. The van der Waals surface area contributed by atoms with Gasteiger partial charge >= 0.3 is 0 Å². The third-order valence-corrected chi connectivity index (χ3v) is 3.38. The second kappa shape index (κ2) is 8.07. The van der Waals surface area contributed by atoms with E-state index >= 15 is 0 Å². The maximum atomic E-state index is 5.90. The molecule has 0 amide bonds. The van der Waals surface area contributed by atoms with Gasteiger partial charge in [0.15, 0.2) is 5.96 Å². The van der Waals surface area contributed by atoms with Gasteiger partial charge in [-0.15, -0.1) is 0 Å². The van der Waals surface area contributed by atoms with E-state index in [9.17, 15) is 0 Å². The molecule has 0 aliphatic heterocycles. The van der Waals surface area contributed by atoms with Crippen molar-refractivity contribution in [3.8, 4) is 5.75 Å². The highest BCUT2D eigenvalue weighted by Crippen LogP contribution is 2.22. The molecule has 0 unspecified atom stereocenters. The minimum absolute atomic E-state index is 0.406. The highest BCUT2D eigenvalue weighted by molar-refractivity contribution is 5.93. The number of aromatic nitrogens is 2. The van der Waals surface area contributed by atoms with Crippen LogP contribution in [0.3, 0.4) is 0 Å². The zero-order valence-electron chi connectivity index (χ0n) is 13.1. The molecule has 0 atom stereocenters. The molecule has 0 spiro atoms. The van der Waals surface area contributed by atoms with Gasteiger partial charge in [0.1, 0.15) is 11.6 Å². The molecule has 0 bridgehead atoms. The number of unbranched alkanes of at least 4 members (excludes halogenated alkanes) is 1. The van der Waals surface area contributed by atoms with Crippen LogP contribution in [0.5, 0.6) is 5.75 Å². The summed E-state index contributed by atoms with van der Waals surface area (Å²) >= 11 is 0. The summed E-state index contributed by atoms with van der Waals surface area (Å²) in [6.07, 6.45) is 5.84. The molecular weight excluding hydrogens is 278 g/mol. The Morgan fingerprint density at radius 2 is 2.18 bits per heavy atom. The van der Waals surface area contributed by atoms with Gasteiger partial charge < -0.3 is 20.4 Å². The fourth-order valence-corrected chi connectivity index (χ4v) is 2.16. The average molecular weight is 301 g/mol. The molecule has 3 N–H and O–H groups in total. The molecule has 0 fully saturated rings. The van der Waals surface area contributed by atoms with Crippen LogP contribution in [-0.4, -0.2) is 29.2 Å². The zero-order valence-corrected chi connectivity index (χ0v) is 13.1. The number of benzene rings is 1. The van der Waals surface area contributed by atoms with E-state index in [-0.39, 0.29) is 0 Å². The van der Waals surface area contributed by atoms with Crippen LogP contribution in [0.25, 0.3) is 0 Å². The van der Waals surface area contributed by atoms with Crippen molar-refractivity contribution in [2.75, 3.05) is 19.0 Å². The van der Waals surface area contributed by atoms with Crippen molar-refractivity contribution in [1.29, 1.82) is 0 Å². The number of nitrogens with zero attached hydrogens (tertiary/aromatic N) is 3. The SMILES string of the molecule is COc1ccccc1NC(N)=NCCCCn1ccnc1C. The summed E-state index contributed by atoms with van der Waals surface area (Å²) in [5.74, 6) is 2.19. The number of anilines is 1. The maximum absolute atomic E-state index is 5.90. The van der Waals surface area contributed by atoms with Gasteiger partial charge in [0.05, 0.1) is 12.8 Å².